The van der Waals surface area contributed by atoms with Crippen LogP contribution in [0.5, 0.6) is 5.75 Å². The number of hydrogen-bond donors (Lipinski definition) is 1. The summed E-state index contributed by atoms with van der Waals surface area (Å²) in [6, 6.07) is 4.73. The average molecular weight is 276 g/mol. The molecule has 1 fully saturated rings. The standard InChI is InChI=1S/C15H17FN2O2/c1-10(19)14-6-11(16)2-5-15(14)20-8-13-7-17-9-18(13)12-3-4-12/h2,5-7,9-10,12,19H,3-4,8H2,1H3/t10-/m0/s1. The molecule has 0 unspecified atom stereocenters. The van der Waals surface area contributed by atoms with Gasteiger partial charge in [0.05, 0.1) is 24.3 Å². The van der Waals surface area contributed by atoms with Gasteiger partial charge >= 0.3 is 0 Å². The van der Waals surface area contributed by atoms with Gasteiger partial charge in [-0.25, -0.2) is 9.37 Å². The molecule has 0 bridgehead atoms. The van der Waals surface area contributed by atoms with Crippen molar-refractivity contribution in [3.63, 3.8) is 0 Å². The Balaban J connectivity index is 1.76. The van der Waals surface area contributed by atoms with Crippen molar-refractivity contribution in [1.29, 1.82) is 0 Å². The normalized spacial score (nSPS) is 16.1. The number of imidazole rings is 1. The molecule has 1 aliphatic rings. The minimum absolute atomic E-state index is 0.363. The molecule has 1 aromatic heterocycles. The van der Waals surface area contributed by atoms with Crippen molar-refractivity contribution in [2.45, 2.75) is 38.5 Å². The second-order valence-electron chi connectivity index (χ2n) is 5.17. The molecule has 1 saturated carbocycles. The van der Waals surface area contributed by atoms with E-state index >= 15 is 0 Å². The van der Waals surface area contributed by atoms with Crippen molar-refractivity contribution in [2.75, 3.05) is 0 Å². The fourth-order valence-corrected chi connectivity index (χ4v) is 2.25. The van der Waals surface area contributed by atoms with Crippen LogP contribution in [0.25, 0.3) is 0 Å². The van der Waals surface area contributed by atoms with Gasteiger partial charge < -0.3 is 14.4 Å². The van der Waals surface area contributed by atoms with Gasteiger partial charge in [0, 0.05) is 11.6 Å². The molecule has 1 N–H and O–H groups in total. The van der Waals surface area contributed by atoms with Crippen LogP contribution < -0.4 is 4.74 Å². The first-order valence-corrected chi connectivity index (χ1v) is 6.76. The predicted octanol–water partition coefficient (Wildman–Crippen LogP) is 2.99. The summed E-state index contributed by atoms with van der Waals surface area (Å²) in [5.41, 5.74) is 1.45. The van der Waals surface area contributed by atoms with E-state index in [-0.39, 0.29) is 5.82 Å². The van der Waals surface area contributed by atoms with Crippen LogP contribution in [0.1, 0.15) is 43.2 Å². The third-order valence-corrected chi connectivity index (χ3v) is 3.48. The predicted molar refractivity (Wildman–Crippen MR) is 71.9 cm³/mol. The highest BCUT2D eigenvalue weighted by Gasteiger charge is 2.25. The fourth-order valence-electron chi connectivity index (χ4n) is 2.25. The van der Waals surface area contributed by atoms with E-state index in [0.29, 0.717) is 24.0 Å². The van der Waals surface area contributed by atoms with Crippen LogP contribution in [-0.2, 0) is 6.61 Å². The molecule has 3 rings (SSSR count). The van der Waals surface area contributed by atoms with E-state index in [9.17, 15) is 9.50 Å². The van der Waals surface area contributed by atoms with Gasteiger partial charge in [-0.1, -0.05) is 0 Å². The van der Waals surface area contributed by atoms with Crippen LogP contribution >= 0.6 is 0 Å². The quantitative estimate of drug-likeness (QED) is 0.913. The maximum atomic E-state index is 13.2. The van der Waals surface area contributed by atoms with Gasteiger partial charge in [0.2, 0.25) is 0 Å². The molecule has 0 amide bonds. The molecular weight excluding hydrogens is 259 g/mol. The van der Waals surface area contributed by atoms with Crippen LogP contribution in [-0.4, -0.2) is 14.7 Å². The van der Waals surface area contributed by atoms with Crippen molar-refractivity contribution < 1.29 is 14.2 Å². The molecule has 1 aliphatic carbocycles. The lowest BCUT2D eigenvalue weighted by atomic mass is 10.1. The lowest BCUT2D eigenvalue weighted by molar-refractivity contribution is 0.189. The Kier molecular flexibility index (Phi) is 3.44. The number of aliphatic hydroxyl groups excluding tert-OH is 1. The van der Waals surface area contributed by atoms with Gasteiger partial charge in [0.1, 0.15) is 18.2 Å². The van der Waals surface area contributed by atoms with E-state index < -0.39 is 6.10 Å². The van der Waals surface area contributed by atoms with E-state index in [0.717, 1.165) is 5.69 Å². The minimum atomic E-state index is -0.769. The van der Waals surface area contributed by atoms with Gasteiger partial charge in [-0.3, -0.25) is 0 Å². The first kappa shape index (κ1) is 13.1. The molecule has 4 nitrogen and oxygen atoms in total. The number of halogens is 1. The Hall–Kier alpha value is -1.88. The minimum Gasteiger partial charge on any atom is -0.487 e. The Morgan fingerprint density at radius 1 is 1.50 bits per heavy atom. The molecule has 1 heterocycles. The lowest BCUT2D eigenvalue weighted by Gasteiger charge is -2.14. The first-order valence-electron chi connectivity index (χ1n) is 6.76. The second kappa shape index (κ2) is 5.25. The van der Waals surface area contributed by atoms with Crippen LogP contribution in [0, 0.1) is 5.82 Å². The largest absolute Gasteiger partial charge is 0.487 e. The first-order chi connectivity index (χ1) is 9.65. The smallest absolute Gasteiger partial charge is 0.130 e. The molecule has 0 radical (unpaired) electrons. The fraction of sp³-hybridized carbons (Fsp3) is 0.400. The van der Waals surface area contributed by atoms with Crippen LogP contribution in [0.3, 0.4) is 0 Å². The summed E-state index contributed by atoms with van der Waals surface area (Å²) in [5, 5.41) is 9.67. The monoisotopic (exact) mass is 276 g/mol. The second-order valence-corrected chi connectivity index (χ2v) is 5.17. The summed E-state index contributed by atoms with van der Waals surface area (Å²) >= 11 is 0. The number of ether oxygens (including phenoxy) is 1. The third kappa shape index (κ3) is 2.67. The van der Waals surface area contributed by atoms with Crippen LogP contribution in [0.2, 0.25) is 0 Å². The zero-order chi connectivity index (χ0) is 14.1. The van der Waals surface area contributed by atoms with Gasteiger partial charge in [-0.15, -0.1) is 0 Å². The zero-order valence-corrected chi connectivity index (χ0v) is 11.3. The highest BCUT2D eigenvalue weighted by Crippen LogP contribution is 2.36. The van der Waals surface area contributed by atoms with Gasteiger partial charge in [-0.2, -0.15) is 0 Å². The van der Waals surface area contributed by atoms with Crippen molar-refractivity contribution in [1.82, 2.24) is 9.55 Å². The molecule has 106 valence electrons. The van der Waals surface area contributed by atoms with Crippen LogP contribution in [0.4, 0.5) is 4.39 Å². The van der Waals surface area contributed by atoms with E-state index in [1.165, 1.54) is 25.0 Å². The third-order valence-electron chi connectivity index (χ3n) is 3.48. The van der Waals surface area contributed by atoms with Gasteiger partial charge in [-0.05, 0) is 38.0 Å². The number of rotatable bonds is 5. The van der Waals surface area contributed by atoms with E-state index in [1.54, 1.807) is 19.2 Å². The van der Waals surface area contributed by atoms with Crippen molar-refractivity contribution >= 4 is 0 Å². The van der Waals surface area contributed by atoms with Gasteiger partial charge in [0.15, 0.2) is 0 Å². The molecule has 0 aliphatic heterocycles. The maximum Gasteiger partial charge on any atom is 0.130 e. The van der Waals surface area contributed by atoms with Crippen molar-refractivity contribution in [2.24, 2.45) is 0 Å². The maximum absolute atomic E-state index is 13.2. The number of nitrogens with zero attached hydrogens (tertiary/aromatic N) is 2. The molecule has 0 spiro atoms. The molecular formula is C15H17FN2O2. The van der Waals surface area contributed by atoms with Gasteiger partial charge in [0.25, 0.3) is 0 Å². The Morgan fingerprint density at radius 3 is 3.00 bits per heavy atom. The summed E-state index contributed by atoms with van der Waals surface area (Å²) in [6.45, 7) is 1.96. The highest BCUT2D eigenvalue weighted by molar-refractivity contribution is 5.35. The Morgan fingerprint density at radius 2 is 2.30 bits per heavy atom. The van der Waals surface area contributed by atoms with E-state index in [2.05, 4.69) is 9.55 Å². The molecule has 5 heteroatoms. The Labute approximate surface area is 116 Å². The van der Waals surface area contributed by atoms with Crippen molar-refractivity contribution in [3.8, 4) is 5.75 Å². The topological polar surface area (TPSA) is 47.3 Å². The average Bonchev–Trinajstić information content (AvgIpc) is 3.16. The molecule has 20 heavy (non-hydrogen) atoms. The Bertz CT molecular complexity index is 606. The zero-order valence-electron chi connectivity index (χ0n) is 11.3. The summed E-state index contributed by atoms with van der Waals surface area (Å²) in [5.74, 6) is 0.126. The lowest BCUT2D eigenvalue weighted by Crippen LogP contribution is -2.06. The van der Waals surface area contributed by atoms with E-state index in [4.69, 9.17) is 4.74 Å². The molecule has 1 atom stereocenters. The number of hydrogen-bond acceptors (Lipinski definition) is 3. The summed E-state index contributed by atoms with van der Waals surface area (Å²) in [4.78, 5) is 4.14. The highest BCUT2D eigenvalue weighted by atomic mass is 19.1. The summed E-state index contributed by atoms with van der Waals surface area (Å²) in [7, 11) is 0. The summed E-state index contributed by atoms with van der Waals surface area (Å²) in [6.07, 6.45) is 5.19. The number of benzene rings is 1. The molecule has 2 aromatic rings. The van der Waals surface area contributed by atoms with Crippen LogP contribution in [0.15, 0.2) is 30.7 Å². The number of aliphatic hydroxyl groups is 1. The van der Waals surface area contributed by atoms with Crippen molar-refractivity contribution in [3.05, 3.63) is 47.8 Å². The number of aromatic nitrogens is 2. The molecule has 1 aromatic carbocycles. The molecule has 0 saturated heterocycles. The summed E-state index contributed by atoms with van der Waals surface area (Å²) < 4.78 is 21.1. The van der Waals surface area contributed by atoms with E-state index in [1.807, 2.05) is 6.33 Å². The SMILES string of the molecule is C[C@H](O)c1cc(F)ccc1OCc1cncn1C1CC1.